The summed E-state index contributed by atoms with van der Waals surface area (Å²) in [6.45, 7) is 8.78. The minimum absolute atomic E-state index is 0.0457. The molecule has 6 heteroatoms. The van der Waals surface area contributed by atoms with Crippen molar-refractivity contribution in [3.63, 3.8) is 0 Å². The van der Waals surface area contributed by atoms with Crippen LogP contribution in [0.25, 0.3) is 0 Å². The quantitative estimate of drug-likeness (QED) is 0.274. The lowest BCUT2D eigenvalue weighted by molar-refractivity contribution is -0.133. The SMILES string of the molecule is Cc1cc(OCCC(C)Oc2ccc(C(C)C)cc2Oc2ccccc2)ccc1SCC(=O)O. The highest BCUT2D eigenvalue weighted by molar-refractivity contribution is 8.00. The summed E-state index contributed by atoms with van der Waals surface area (Å²) >= 11 is 1.31. The predicted molar refractivity (Wildman–Crippen MR) is 137 cm³/mol. The zero-order chi connectivity index (χ0) is 24.5. The highest BCUT2D eigenvalue weighted by Crippen LogP contribution is 2.35. The van der Waals surface area contributed by atoms with E-state index in [1.807, 2.05) is 74.5 Å². The molecule has 0 saturated carbocycles. The van der Waals surface area contributed by atoms with Crippen molar-refractivity contribution < 1.29 is 24.1 Å². The maximum Gasteiger partial charge on any atom is 0.313 e. The minimum atomic E-state index is -0.824. The number of carboxylic acids is 1. The van der Waals surface area contributed by atoms with Gasteiger partial charge < -0.3 is 19.3 Å². The number of hydrogen-bond acceptors (Lipinski definition) is 5. The van der Waals surface area contributed by atoms with E-state index in [-0.39, 0.29) is 11.9 Å². The molecule has 3 aromatic carbocycles. The largest absolute Gasteiger partial charge is 0.493 e. The second-order valence-electron chi connectivity index (χ2n) is 8.45. The Kier molecular flexibility index (Phi) is 9.28. The lowest BCUT2D eigenvalue weighted by Crippen LogP contribution is -2.16. The number of hydrogen-bond donors (Lipinski definition) is 1. The standard InChI is InChI=1S/C28H32O5S/c1-19(2)22-10-12-25(26(17-22)33-23-8-6-5-7-9-23)32-21(4)14-15-31-24-11-13-27(20(3)16-24)34-18-28(29)30/h5-13,16-17,19,21H,14-15,18H2,1-4H3,(H,29,30). The first-order chi connectivity index (χ1) is 16.3. The monoisotopic (exact) mass is 480 g/mol. The molecule has 3 rings (SSSR count). The van der Waals surface area contributed by atoms with Gasteiger partial charge >= 0.3 is 5.97 Å². The van der Waals surface area contributed by atoms with Crippen LogP contribution in [0.3, 0.4) is 0 Å². The summed E-state index contributed by atoms with van der Waals surface area (Å²) in [5.74, 6) is 2.55. The van der Waals surface area contributed by atoms with E-state index < -0.39 is 5.97 Å². The molecule has 0 bridgehead atoms. The van der Waals surface area contributed by atoms with Crippen LogP contribution in [0.1, 0.15) is 44.2 Å². The van der Waals surface area contributed by atoms with Gasteiger partial charge in [-0.2, -0.15) is 0 Å². The zero-order valence-electron chi connectivity index (χ0n) is 20.1. The van der Waals surface area contributed by atoms with E-state index >= 15 is 0 Å². The number of benzene rings is 3. The number of aryl methyl sites for hydroxylation is 1. The van der Waals surface area contributed by atoms with Crippen molar-refractivity contribution in [1.82, 2.24) is 0 Å². The lowest BCUT2D eigenvalue weighted by atomic mass is 10.0. The average Bonchev–Trinajstić information content (AvgIpc) is 2.80. The molecule has 0 radical (unpaired) electrons. The Hall–Kier alpha value is -3.12. The van der Waals surface area contributed by atoms with Crippen LogP contribution in [0.15, 0.2) is 71.6 Å². The van der Waals surface area contributed by atoms with Gasteiger partial charge in [-0.1, -0.05) is 38.1 Å². The van der Waals surface area contributed by atoms with Gasteiger partial charge in [0, 0.05) is 11.3 Å². The Labute approximate surface area is 206 Å². The molecule has 0 fully saturated rings. The number of aliphatic carboxylic acids is 1. The zero-order valence-corrected chi connectivity index (χ0v) is 20.9. The van der Waals surface area contributed by atoms with E-state index in [1.165, 1.54) is 17.3 Å². The van der Waals surface area contributed by atoms with Crippen molar-refractivity contribution in [2.24, 2.45) is 0 Å². The van der Waals surface area contributed by atoms with Crippen molar-refractivity contribution in [2.75, 3.05) is 12.4 Å². The number of ether oxygens (including phenoxy) is 3. The first kappa shape index (κ1) is 25.5. The second-order valence-corrected chi connectivity index (χ2v) is 9.47. The lowest BCUT2D eigenvalue weighted by Gasteiger charge is -2.19. The average molecular weight is 481 g/mol. The van der Waals surface area contributed by atoms with Gasteiger partial charge in [0.2, 0.25) is 0 Å². The number of carboxylic acid groups (broad SMARTS) is 1. The number of carbonyl (C=O) groups is 1. The van der Waals surface area contributed by atoms with Crippen LogP contribution < -0.4 is 14.2 Å². The van der Waals surface area contributed by atoms with Gasteiger partial charge in [0.15, 0.2) is 11.5 Å². The highest BCUT2D eigenvalue weighted by Gasteiger charge is 2.14. The topological polar surface area (TPSA) is 65.0 Å². The van der Waals surface area contributed by atoms with Crippen LogP contribution in [-0.4, -0.2) is 29.5 Å². The van der Waals surface area contributed by atoms with Crippen LogP contribution in [0.4, 0.5) is 0 Å². The Balaban J connectivity index is 1.58. The van der Waals surface area contributed by atoms with Crippen LogP contribution in [0, 0.1) is 6.92 Å². The normalized spacial score (nSPS) is 11.8. The van der Waals surface area contributed by atoms with Crippen LogP contribution >= 0.6 is 11.8 Å². The molecule has 0 heterocycles. The molecular formula is C28H32O5S. The molecule has 1 atom stereocenters. The summed E-state index contributed by atoms with van der Waals surface area (Å²) in [4.78, 5) is 11.7. The van der Waals surface area contributed by atoms with Gasteiger partial charge in [0.1, 0.15) is 11.5 Å². The Bertz CT molecular complexity index is 1080. The van der Waals surface area contributed by atoms with Crippen LogP contribution in [0.5, 0.6) is 23.0 Å². The van der Waals surface area contributed by atoms with Gasteiger partial charge in [-0.05, 0) is 73.4 Å². The molecule has 0 spiro atoms. The fourth-order valence-corrected chi connectivity index (χ4v) is 4.04. The number of rotatable bonds is 12. The number of para-hydroxylation sites is 1. The summed E-state index contributed by atoms with van der Waals surface area (Å²) in [6, 6.07) is 21.5. The third kappa shape index (κ3) is 7.73. The van der Waals surface area contributed by atoms with Gasteiger partial charge in [0.25, 0.3) is 0 Å². The fourth-order valence-electron chi connectivity index (χ4n) is 3.31. The van der Waals surface area contributed by atoms with Gasteiger partial charge in [-0.3, -0.25) is 4.79 Å². The molecule has 1 N–H and O–H groups in total. The summed E-state index contributed by atoms with van der Waals surface area (Å²) in [5, 5.41) is 8.86. The fraction of sp³-hybridized carbons (Fsp3) is 0.321. The summed E-state index contributed by atoms with van der Waals surface area (Å²) < 4.78 is 18.3. The van der Waals surface area contributed by atoms with Crippen molar-refractivity contribution >= 4 is 17.7 Å². The molecule has 34 heavy (non-hydrogen) atoms. The second kappa shape index (κ2) is 12.4. The van der Waals surface area contributed by atoms with Crippen molar-refractivity contribution in [2.45, 2.75) is 51.0 Å². The van der Waals surface area contributed by atoms with Gasteiger partial charge in [-0.15, -0.1) is 11.8 Å². The van der Waals surface area contributed by atoms with E-state index in [0.717, 1.165) is 22.0 Å². The van der Waals surface area contributed by atoms with Crippen LogP contribution in [-0.2, 0) is 4.79 Å². The summed E-state index contributed by atoms with van der Waals surface area (Å²) in [6.07, 6.45) is 0.625. The molecule has 180 valence electrons. The smallest absolute Gasteiger partial charge is 0.313 e. The molecule has 0 saturated heterocycles. The van der Waals surface area contributed by atoms with E-state index in [1.54, 1.807) is 0 Å². The molecule has 0 amide bonds. The van der Waals surface area contributed by atoms with Crippen molar-refractivity contribution in [3.8, 4) is 23.0 Å². The maximum absolute atomic E-state index is 10.8. The summed E-state index contributed by atoms with van der Waals surface area (Å²) in [7, 11) is 0. The van der Waals surface area contributed by atoms with E-state index in [4.69, 9.17) is 19.3 Å². The first-order valence-corrected chi connectivity index (χ1v) is 12.4. The molecular weight excluding hydrogens is 448 g/mol. The van der Waals surface area contributed by atoms with Gasteiger partial charge in [0.05, 0.1) is 18.5 Å². The summed E-state index contributed by atoms with van der Waals surface area (Å²) in [5.41, 5.74) is 2.19. The molecule has 0 aliphatic heterocycles. The van der Waals surface area contributed by atoms with E-state index in [2.05, 4.69) is 19.9 Å². The maximum atomic E-state index is 10.8. The number of thioether (sulfide) groups is 1. The third-order valence-electron chi connectivity index (χ3n) is 5.22. The Morgan fingerprint density at radius 1 is 0.941 bits per heavy atom. The molecule has 1 unspecified atom stereocenters. The third-order valence-corrected chi connectivity index (χ3v) is 6.38. The predicted octanol–water partition coefficient (Wildman–Crippen LogP) is 7.32. The molecule has 0 aromatic heterocycles. The van der Waals surface area contributed by atoms with Gasteiger partial charge in [-0.25, -0.2) is 0 Å². The highest BCUT2D eigenvalue weighted by atomic mass is 32.2. The molecule has 3 aromatic rings. The molecule has 0 aliphatic carbocycles. The van der Waals surface area contributed by atoms with E-state index in [9.17, 15) is 4.79 Å². The molecule has 5 nitrogen and oxygen atoms in total. The van der Waals surface area contributed by atoms with E-state index in [0.29, 0.717) is 30.4 Å². The first-order valence-electron chi connectivity index (χ1n) is 11.4. The van der Waals surface area contributed by atoms with Crippen LogP contribution in [0.2, 0.25) is 0 Å². The molecule has 0 aliphatic rings. The van der Waals surface area contributed by atoms with Crippen molar-refractivity contribution in [3.05, 3.63) is 77.9 Å². The van der Waals surface area contributed by atoms with Crippen molar-refractivity contribution in [1.29, 1.82) is 0 Å². The minimum Gasteiger partial charge on any atom is -0.493 e. The Morgan fingerprint density at radius 3 is 2.38 bits per heavy atom. The Morgan fingerprint density at radius 2 is 1.71 bits per heavy atom.